The van der Waals surface area contributed by atoms with E-state index in [0.717, 1.165) is 73.3 Å². The van der Waals surface area contributed by atoms with Crippen molar-refractivity contribution in [2.75, 3.05) is 4.90 Å². The maximum absolute atomic E-state index is 7.14. The fraction of sp³-hybridized carbons (Fsp3) is 0. The number of hydrogen-bond donors (Lipinski definition) is 0. The maximum Gasteiger partial charge on any atom is 0.256 e. The van der Waals surface area contributed by atoms with Crippen LogP contribution in [0.15, 0.2) is 255 Å². The van der Waals surface area contributed by atoms with Gasteiger partial charge in [-0.25, -0.2) is 0 Å². The number of fused-ring (bicyclic) bond motifs is 6. The maximum atomic E-state index is 7.14. The number of rotatable bonds is 7. The number of hydrogen-bond acceptors (Lipinski definition) is 2. The molecule has 0 unspecified atom stereocenters. The predicted octanol–water partition coefficient (Wildman–Crippen LogP) is 14.6. The molecule has 4 heterocycles. The van der Waals surface area contributed by atoms with Crippen LogP contribution >= 0.6 is 0 Å². The fourth-order valence-corrected chi connectivity index (χ4v) is 11.3. The molecule has 2 aliphatic heterocycles. The second kappa shape index (κ2) is 15.8. The minimum absolute atomic E-state index is 0.0808. The highest BCUT2D eigenvalue weighted by Crippen LogP contribution is 2.47. The number of aromatic nitrogens is 2. The van der Waals surface area contributed by atoms with Gasteiger partial charge in [0, 0.05) is 56.4 Å². The van der Waals surface area contributed by atoms with Crippen molar-refractivity contribution in [2.24, 2.45) is 0 Å². The Bertz CT molecular complexity index is 3920. The Morgan fingerprint density at radius 3 is 1.33 bits per heavy atom. The van der Waals surface area contributed by atoms with Crippen molar-refractivity contribution in [1.29, 1.82) is 0 Å². The first kappa shape index (κ1) is 39.1. The van der Waals surface area contributed by atoms with E-state index < -0.39 is 0 Å². The molecular formula is C64H42BN3O. The lowest BCUT2D eigenvalue weighted by Crippen LogP contribution is -2.59. The lowest BCUT2D eigenvalue weighted by Gasteiger charge is -2.40. The van der Waals surface area contributed by atoms with E-state index in [0.29, 0.717) is 0 Å². The van der Waals surface area contributed by atoms with Gasteiger partial charge in [-0.1, -0.05) is 194 Å². The normalized spacial score (nSPS) is 12.4. The summed E-state index contributed by atoms with van der Waals surface area (Å²) in [4.78, 5) is 2.44. The summed E-state index contributed by atoms with van der Waals surface area (Å²) in [7, 11) is 0. The first-order chi connectivity index (χ1) is 34.3. The Morgan fingerprint density at radius 2 is 0.783 bits per heavy atom. The Morgan fingerprint density at radius 1 is 0.319 bits per heavy atom. The fourth-order valence-electron chi connectivity index (χ4n) is 11.3. The third-order valence-corrected chi connectivity index (χ3v) is 14.2. The molecule has 0 fully saturated rings. The molecule has 0 N–H and O–H groups in total. The van der Waals surface area contributed by atoms with Gasteiger partial charge in [0.1, 0.15) is 11.5 Å². The number of anilines is 3. The number of ether oxygens (including phenoxy) is 1. The standard InChI is InChI=1S/C64H42BN3O/c1-6-21-43(22-7-1)60-50-31-16-18-33-54(50)67(63(60)45-25-10-3-11-26-45)48-37-39-52-57(41-48)66(47-29-14-5-15-30-47)56-35-20-36-58-62(56)65(52)53-40-38-49(42-59(53)69-58)68-55-34-19-17-32-51(55)61(44-23-8-2-9-24-44)64(68)46-27-12-4-13-28-46/h1-42H. The molecule has 10 aromatic carbocycles. The van der Waals surface area contributed by atoms with Gasteiger partial charge in [0.05, 0.1) is 22.4 Å². The van der Waals surface area contributed by atoms with Crippen LogP contribution in [0.3, 0.4) is 0 Å². The first-order valence-corrected chi connectivity index (χ1v) is 23.7. The molecule has 0 radical (unpaired) electrons. The van der Waals surface area contributed by atoms with Crippen molar-refractivity contribution in [3.05, 3.63) is 255 Å². The van der Waals surface area contributed by atoms with Crippen molar-refractivity contribution < 1.29 is 4.74 Å². The molecule has 2 aliphatic rings. The summed E-state index contributed by atoms with van der Waals surface area (Å²) in [5.41, 5.74) is 20.8. The molecule has 4 nitrogen and oxygen atoms in total. The molecule has 0 bridgehead atoms. The van der Waals surface area contributed by atoms with Crippen LogP contribution in [0.25, 0.3) is 77.9 Å². The average Bonchev–Trinajstić information content (AvgIpc) is 3.96. The van der Waals surface area contributed by atoms with Crippen molar-refractivity contribution in [3.8, 4) is 67.6 Å². The van der Waals surface area contributed by atoms with Crippen LogP contribution < -0.4 is 26.0 Å². The van der Waals surface area contributed by atoms with E-state index in [-0.39, 0.29) is 6.71 Å². The molecule has 0 spiro atoms. The van der Waals surface area contributed by atoms with Gasteiger partial charge < -0.3 is 18.8 Å². The summed E-state index contributed by atoms with van der Waals surface area (Å²) in [6.45, 7) is -0.0808. The summed E-state index contributed by atoms with van der Waals surface area (Å²) in [5, 5.41) is 2.42. The molecule has 0 amide bonds. The van der Waals surface area contributed by atoms with Gasteiger partial charge in [-0.15, -0.1) is 0 Å². The van der Waals surface area contributed by atoms with Crippen molar-refractivity contribution >= 4 is 62.0 Å². The molecule has 0 saturated carbocycles. The van der Waals surface area contributed by atoms with Gasteiger partial charge in [-0.3, -0.25) is 0 Å². The predicted molar refractivity (Wildman–Crippen MR) is 288 cm³/mol. The smallest absolute Gasteiger partial charge is 0.256 e. The van der Waals surface area contributed by atoms with E-state index in [4.69, 9.17) is 4.74 Å². The lowest BCUT2D eigenvalue weighted by atomic mass is 9.34. The van der Waals surface area contributed by atoms with Crippen LogP contribution in [0.4, 0.5) is 17.1 Å². The molecule has 14 rings (SSSR count). The summed E-state index contributed by atoms with van der Waals surface area (Å²) in [6, 6.07) is 92.2. The summed E-state index contributed by atoms with van der Waals surface area (Å²) in [5.74, 6) is 1.73. The Labute approximate surface area is 401 Å². The molecule has 12 aromatic rings. The molecule has 69 heavy (non-hydrogen) atoms. The Hall–Kier alpha value is -9.06. The molecule has 322 valence electrons. The van der Waals surface area contributed by atoms with Crippen LogP contribution in [0.5, 0.6) is 11.5 Å². The van der Waals surface area contributed by atoms with Gasteiger partial charge in [0.25, 0.3) is 6.71 Å². The molecule has 2 aromatic heterocycles. The van der Waals surface area contributed by atoms with Crippen LogP contribution in [-0.2, 0) is 0 Å². The molecule has 0 aliphatic carbocycles. The van der Waals surface area contributed by atoms with Crippen LogP contribution in [-0.4, -0.2) is 15.8 Å². The van der Waals surface area contributed by atoms with Gasteiger partial charge >= 0.3 is 0 Å². The summed E-state index contributed by atoms with van der Waals surface area (Å²) >= 11 is 0. The second-order valence-electron chi connectivity index (χ2n) is 18.0. The van der Waals surface area contributed by atoms with E-state index in [2.05, 4.69) is 269 Å². The SMILES string of the molecule is c1ccc(-c2c(-c3ccccc3)n(-c3ccc4c(c3)Oc3cccc5c3B4c3ccc(-n4c(-c6ccccc6)c(-c6ccccc6)c6ccccc64)cc3N5c3ccccc3)c3ccccc23)cc1. The Balaban J connectivity index is 1.000. The van der Waals surface area contributed by atoms with Crippen molar-refractivity contribution in [1.82, 2.24) is 9.13 Å². The molecule has 0 atom stereocenters. The minimum atomic E-state index is -0.0808. The largest absolute Gasteiger partial charge is 0.458 e. The van der Waals surface area contributed by atoms with E-state index in [1.54, 1.807) is 0 Å². The summed E-state index contributed by atoms with van der Waals surface area (Å²) in [6.07, 6.45) is 0. The molecule has 0 saturated heterocycles. The first-order valence-electron chi connectivity index (χ1n) is 23.7. The third kappa shape index (κ3) is 6.10. The average molecular weight is 880 g/mol. The van der Waals surface area contributed by atoms with E-state index in [1.165, 1.54) is 49.6 Å². The van der Waals surface area contributed by atoms with Crippen molar-refractivity contribution in [3.63, 3.8) is 0 Å². The quantitative estimate of drug-likeness (QED) is 0.149. The zero-order valence-electron chi connectivity index (χ0n) is 37.6. The van der Waals surface area contributed by atoms with E-state index >= 15 is 0 Å². The highest BCUT2D eigenvalue weighted by Gasteiger charge is 2.42. The monoisotopic (exact) mass is 879 g/mol. The highest BCUT2D eigenvalue weighted by atomic mass is 16.5. The number of benzene rings is 10. The van der Waals surface area contributed by atoms with Crippen molar-refractivity contribution in [2.45, 2.75) is 0 Å². The number of nitrogens with zero attached hydrogens (tertiary/aromatic N) is 3. The second-order valence-corrected chi connectivity index (χ2v) is 18.0. The van der Waals surface area contributed by atoms with Gasteiger partial charge in [0.15, 0.2) is 0 Å². The highest BCUT2D eigenvalue weighted by molar-refractivity contribution is 6.99. The molecule has 5 heteroatoms. The summed E-state index contributed by atoms with van der Waals surface area (Å²) < 4.78 is 12.0. The van der Waals surface area contributed by atoms with Crippen LogP contribution in [0.2, 0.25) is 0 Å². The Kier molecular flexibility index (Phi) is 8.96. The van der Waals surface area contributed by atoms with Gasteiger partial charge in [-0.05, 0) is 93.2 Å². The molecular weight excluding hydrogens is 838 g/mol. The zero-order valence-corrected chi connectivity index (χ0v) is 37.6. The van der Waals surface area contributed by atoms with Gasteiger partial charge in [-0.2, -0.15) is 0 Å². The third-order valence-electron chi connectivity index (χ3n) is 14.2. The van der Waals surface area contributed by atoms with Crippen LogP contribution in [0.1, 0.15) is 0 Å². The zero-order chi connectivity index (χ0) is 45.4. The lowest BCUT2D eigenvalue weighted by molar-refractivity contribution is 0.487. The van der Waals surface area contributed by atoms with Gasteiger partial charge in [0.2, 0.25) is 0 Å². The van der Waals surface area contributed by atoms with E-state index in [9.17, 15) is 0 Å². The number of para-hydroxylation sites is 3. The minimum Gasteiger partial charge on any atom is -0.458 e. The van der Waals surface area contributed by atoms with Crippen LogP contribution in [0, 0.1) is 0 Å². The van der Waals surface area contributed by atoms with E-state index in [1.807, 2.05) is 0 Å². The topological polar surface area (TPSA) is 22.3 Å².